The van der Waals surface area contributed by atoms with Crippen molar-refractivity contribution >= 4 is 46.4 Å². The normalized spacial score (nSPS) is 10.8. The Kier molecular flexibility index (Phi) is 4.92. The van der Waals surface area contributed by atoms with Gasteiger partial charge in [-0.1, -0.05) is 52.5 Å². The lowest BCUT2D eigenvalue weighted by molar-refractivity contribution is 0.307. The standard InChI is InChI=1S/C14H8Cl4N4O/c15-9-2-1-7(10(16)5-9)6-23-13-11(17)3-8(4-12(13)18)14-19-21-22-20-14/h1-5H,6H2,(H,19,20,21,22). The fourth-order valence-corrected chi connectivity index (χ4v) is 2.96. The molecule has 0 aliphatic carbocycles. The smallest absolute Gasteiger partial charge is 0.204 e. The number of benzene rings is 2. The van der Waals surface area contributed by atoms with Gasteiger partial charge in [-0.05, 0) is 29.5 Å². The van der Waals surface area contributed by atoms with E-state index >= 15 is 0 Å². The Morgan fingerprint density at radius 3 is 2.30 bits per heavy atom. The van der Waals surface area contributed by atoms with Crippen LogP contribution in [0, 0.1) is 0 Å². The molecule has 118 valence electrons. The summed E-state index contributed by atoms with van der Waals surface area (Å²) in [7, 11) is 0. The summed E-state index contributed by atoms with van der Waals surface area (Å²) in [4.78, 5) is 0. The predicted molar refractivity (Wildman–Crippen MR) is 90.4 cm³/mol. The minimum Gasteiger partial charge on any atom is -0.486 e. The Balaban J connectivity index is 1.83. The van der Waals surface area contributed by atoms with Gasteiger partial charge in [-0.25, -0.2) is 0 Å². The number of H-pyrrole nitrogens is 1. The number of hydrogen-bond donors (Lipinski definition) is 1. The Bertz CT molecular complexity index is 816. The lowest BCUT2D eigenvalue weighted by Crippen LogP contribution is -1.98. The van der Waals surface area contributed by atoms with Gasteiger partial charge in [0.1, 0.15) is 6.61 Å². The first-order chi connectivity index (χ1) is 11.0. The summed E-state index contributed by atoms with van der Waals surface area (Å²) in [6.07, 6.45) is 0. The molecule has 0 aliphatic heterocycles. The number of rotatable bonds is 4. The molecule has 1 heterocycles. The van der Waals surface area contributed by atoms with Crippen molar-refractivity contribution in [1.82, 2.24) is 20.6 Å². The molecule has 0 aliphatic rings. The van der Waals surface area contributed by atoms with Crippen molar-refractivity contribution in [2.75, 3.05) is 0 Å². The number of nitrogens with zero attached hydrogens (tertiary/aromatic N) is 3. The molecule has 0 fully saturated rings. The number of aromatic amines is 1. The average molecular weight is 390 g/mol. The zero-order valence-corrected chi connectivity index (χ0v) is 14.4. The van der Waals surface area contributed by atoms with Crippen LogP contribution in [0.25, 0.3) is 11.4 Å². The van der Waals surface area contributed by atoms with Crippen molar-refractivity contribution in [3.05, 3.63) is 56.0 Å². The van der Waals surface area contributed by atoms with Gasteiger partial charge < -0.3 is 4.74 Å². The van der Waals surface area contributed by atoms with Gasteiger partial charge in [-0.2, -0.15) is 5.21 Å². The van der Waals surface area contributed by atoms with Crippen molar-refractivity contribution in [1.29, 1.82) is 0 Å². The SMILES string of the molecule is Clc1ccc(COc2c(Cl)cc(-c3nn[nH]n3)cc2Cl)c(Cl)c1. The second-order valence-corrected chi connectivity index (χ2v) is 6.19. The number of nitrogens with one attached hydrogen (secondary N) is 1. The van der Waals surface area contributed by atoms with Crippen molar-refractivity contribution in [3.8, 4) is 17.1 Å². The highest BCUT2D eigenvalue weighted by Gasteiger charge is 2.14. The van der Waals surface area contributed by atoms with Gasteiger partial charge >= 0.3 is 0 Å². The third-order valence-electron chi connectivity index (χ3n) is 2.99. The van der Waals surface area contributed by atoms with Gasteiger partial charge in [0, 0.05) is 21.2 Å². The molecule has 1 aromatic heterocycles. The van der Waals surface area contributed by atoms with Gasteiger partial charge in [-0.3, -0.25) is 0 Å². The summed E-state index contributed by atoms with van der Waals surface area (Å²) in [5.41, 5.74) is 1.40. The third-order valence-corrected chi connectivity index (χ3v) is 4.14. The molecule has 0 radical (unpaired) electrons. The van der Waals surface area contributed by atoms with Crippen LogP contribution >= 0.6 is 46.4 Å². The van der Waals surface area contributed by atoms with E-state index in [1.165, 1.54) is 0 Å². The number of aromatic nitrogens is 4. The van der Waals surface area contributed by atoms with E-state index in [0.29, 0.717) is 37.2 Å². The second-order valence-electron chi connectivity index (χ2n) is 4.53. The van der Waals surface area contributed by atoms with Crippen LogP contribution in [0.5, 0.6) is 5.75 Å². The first kappa shape index (κ1) is 16.3. The van der Waals surface area contributed by atoms with Crippen molar-refractivity contribution in [2.24, 2.45) is 0 Å². The summed E-state index contributed by atoms with van der Waals surface area (Å²) in [5.74, 6) is 0.743. The first-order valence-electron chi connectivity index (χ1n) is 6.34. The summed E-state index contributed by atoms with van der Waals surface area (Å²) >= 11 is 24.4. The lowest BCUT2D eigenvalue weighted by Gasteiger charge is -2.12. The van der Waals surface area contributed by atoms with E-state index in [9.17, 15) is 0 Å². The van der Waals surface area contributed by atoms with Gasteiger partial charge in [0.25, 0.3) is 0 Å². The molecule has 1 N–H and O–H groups in total. The third kappa shape index (κ3) is 3.70. The van der Waals surface area contributed by atoms with Gasteiger partial charge in [0.05, 0.1) is 10.0 Å². The molecule has 0 atom stereocenters. The van der Waals surface area contributed by atoms with Crippen LogP contribution < -0.4 is 4.74 Å². The first-order valence-corrected chi connectivity index (χ1v) is 7.85. The number of halogens is 4. The molecule has 0 amide bonds. The van der Waals surface area contributed by atoms with Crippen LogP contribution in [0.4, 0.5) is 0 Å². The predicted octanol–water partition coefficient (Wildman–Crippen LogP) is 5.06. The second kappa shape index (κ2) is 6.93. The van der Waals surface area contributed by atoms with Gasteiger partial charge in [-0.15, -0.1) is 10.2 Å². The van der Waals surface area contributed by atoms with E-state index < -0.39 is 0 Å². The highest BCUT2D eigenvalue weighted by Crippen LogP contribution is 2.37. The fourth-order valence-electron chi connectivity index (χ4n) is 1.90. The van der Waals surface area contributed by atoms with Crippen LogP contribution in [0.2, 0.25) is 20.1 Å². The molecule has 0 unspecified atom stereocenters. The van der Waals surface area contributed by atoms with Crippen LogP contribution in [0.15, 0.2) is 30.3 Å². The highest BCUT2D eigenvalue weighted by atomic mass is 35.5. The molecular formula is C14H8Cl4N4O. The maximum atomic E-state index is 6.23. The minimum absolute atomic E-state index is 0.205. The van der Waals surface area contributed by atoms with E-state index in [1.54, 1.807) is 30.3 Å². The zero-order chi connectivity index (χ0) is 16.4. The van der Waals surface area contributed by atoms with E-state index in [4.69, 9.17) is 51.1 Å². The van der Waals surface area contributed by atoms with Crippen molar-refractivity contribution in [3.63, 3.8) is 0 Å². The largest absolute Gasteiger partial charge is 0.486 e. The van der Waals surface area contributed by atoms with E-state index in [0.717, 1.165) is 5.56 Å². The van der Waals surface area contributed by atoms with E-state index in [1.807, 2.05) is 0 Å². The van der Waals surface area contributed by atoms with E-state index in [2.05, 4.69) is 20.6 Å². The van der Waals surface area contributed by atoms with Crippen LogP contribution in [-0.2, 0) is 6.61 Å². The Labute approximate surface area is 151 Å². The Morgan fingerprint density at radius 2 is 1.70 bits per heavy atom. The zero-order valence-electron chi connectivity index (χ0n) is 11.4. The summed E-state index contributed by atoms with van der Waals surface area (Å²) < 4.78 is 5.69. The molecule has 3 rings (SSSR count). The molecule has 0 saturated heterocycles. The molecule has 5 nitrogen and oxygen atoms in total. The van der Waals surface area contributed by atoms with Crippen molar-refractivity contribution in [2.45, 2.75) is 6.61 Å². The average Bonchev–Trinajstić information content (AvgIpc) is 3.02. The molecule has 3 aromatic rings. The molecule has 23 heavy (non-hydrogen) atoms. The maximum absolute atomic E-state index is 6.23. The molecular weight excluding hydrogens is 382 g/mol. The summed E-state index contributed by atoms with van der Waals surface area (Å²) in [6, 6.07) is 8.45. The lowest BCUT2D eigenvalue weighted by atomic mass is 10.2. The van der Waals surface area contributed by atoms with Crippen LogP contribution in [-0.4, -0.2) is 20.6 Å². The van der Waals surface area contributed by atoms with Gasteiger partial charge in [0.2, 0.25) is 5.82 Å². The molecule has 0 bridgehead atoms. The van der Waals surface area contributed by atoms with Gasteiger partial charge in [0.15, 0.2) is 5.75 Å². The molecule has 9 heteroatoms. The number of ether oxygens (including phenoxy) is 1. The monoisotopic (exact) mass is 388 g/mol. The van der Waals surface area contributed by atoms with E-state index in [-0.39, 0.29) is 6.61 Å². The fraction of sp³-hybridized carbons (Fsp3) is 0.0714. The molecule has 2 aromatic carbocycles. The van der Waals surface area contributed by atoms with Crippen molar-refractivity contribution < 1.29 is 4.74 Å². The van der Waals surface area contributed by atoms with Crippen LogP contribution in [0.3, 0.4) is 0 Å². The topological polar surface area (TPSA) is 63.7 Å². The number of hydrogen-bond acceptors (Lipinski definition) is 4. The Hall–Kier alpha value is -1.53. The molecule has 0 spiro atoms. The number of tetrazole rings is 1. The Morgan fingerprint density at radius 1 is 0.957 bits per heavy atom. The molecule has 0 saturated carbocycles. The maximum Gasteiger partial charge on any atom is 0.204 e. The quantitative estimate of drug-likeness (QED) is 0.677. The highest BCUT2D eigenvalue weighted by molar-refractivity contribution is 6.37. The minimum atomic E-state index is 0.205. The summed E-state index contributed by atoms with van der Waals surface area (Å²) in [5, 5.41) is 15.3. The summed E-state index contributed by atoms with van der Waals surface area (Å²) in [6.45, 7) is 0.205. The van der Waals surface area contributed by atoms with Crippen LogP contribution in [0.1, 0.15) is 5.56 Å².